The molecule has 0 aromatic heterocycles. The number of fused-ring (bicyclic) bond motifs is 1. The summed E-state index contributed by atoms with van der Waals surface area (Å²) in [4.78, 5) is 20.1. The van der Waals surface area contributed by atoms with Gasteiger partial charge in [0.25, 0.3) is 5.91 Å². The van der Waals surface area contributed by atoms with Crippen molar-refractivity contribution in [2.75, 3.05) is 11.9 Å². The van der Waals surface area contributed by atoms with E-state index in [1.807, 2.05) is 37.3 Å². The second-order valence-electron chi connectivity index (χ2n) is 8.62. The number of aryl methyl sites for hydroxylation is 1. The lowest BCUT2D eigenvalue weighted by Gasteiger charge is -2.45. The first-order valence-electron chi connectivity index (χ1n) is 9.97. The Kier molecular flexibility index (Phi) is 5.03. The van der Waals surface area contributed by atoms with Gasteiger partial charge in [-0.25, -0.2) is 4.99 Å². The Morgan fingerprint density at radius 3 is 2.79 bits per heavy atom. The number of thioether (sulfide) groups is 1. The van der Waals surface area contributed by atoms with Crippen molar-refractivity contribution in [3.05, 3.63) is 64.1 Å². The van der Waals surface area contributed by atoms with Crippen LogP contribution >= 0.6 is 11.8 Å². The zero-order valence-electron chi connectivity index (χ0n) is 17.6. The van der Waals surface area contributed by atoms with Crippen molar-refractivity contribution in [2.45, 2.75) is 45.6 Å². The number of carbonyl (C=O) groups is 1. The third-order valence-corrected chi connectivity index (χ3v) is 6.75. The molecule has 29 heavy (non-hydrogen) atoms. The van der Waals surface area contributed by atoms with Gasteiger partial charge in [-0.1, -0.05) is 25.1 Å². The number of anilines is 1. The molecule has 2 aliphatic rings. The van der Waals surface area contributed by atoms with Crippen LogP contribution in [0, 0.1) is 6.92 Å². The number of hydrogen-bond donors (Lipinski definition) is 1. The van der Waals surface area contributed by atoms with Gasteiger partial charge in [0.2, 0.25) is 0 Å². The zero-order valence-corrected chi connectivity index (χ0v) is 18.4. The fraction of sp³-hybridized carbons (Fsp3) is 0.333. The van der Waals surface area contributed by atoms with Crippen LogP contribution in [-0.2, 0) is 4.79 Å². The van der Waals surface area contributed by atoms with Crippen LogP contribution in [0.15, 0.2) is 52.4 Å². The minimum absolute atomic E-state index is 0.0922. The quantitative estimate of drug-likeness (QED) is 0.661. The average Bonchev–Trinajstić information content (AvgIpc) is 2.98. The number of amidine groups is 1. The normalized spacial score (nSPS) is 23.4. The van der Waals surface area contributed by atoms with E-state index in [9.17, 15) is 4.79 Å². The maximum Gasteiger partial charge on any atom is 0.264 e. The number of nitrogens with one attached hydrogen (secondary N) is 1. The molecule has 0 saturated carbocycles. The second kappa shape index (κ2) is 7.38. The van der Waals surface area contributed by atoms with Crippen molar-refractivity contribution in [1.29, 1.82) is 0 Å². The molecule has 1 fully saturated rings. The predicted octanol–water partition coefficient (Wildman–Crippen LogP) is 5.61. The molecule has 1 saturated heterocycles. The Morgan fingerprint density at radius 1 is 1.24 bits per heavy atom. The van der Waals surface area contributed by atoms with Gasteiger partial charge in [-0.05, 0) is 91.9 Å². The first-order valence-corrected chi connectivity index (χ1v) is 10.8. The summed E-state index contributed by atoms with van der Waals surface area (Å²) < 4.78 is 0. The highest BCUT2D eigenvalue weighted by molar-refractivity contribution is 8.18. The smallest absolute Gasteiger partial charge is 0.264 e. The summed E-state index contributed by atoms with van der Waals surface area (Å²) in [6.45, 7) is 8.90. The maximum atomic E-state index is 12.4. The fourth-order valence-electron chi connectivity index (χ4n) is 4.13. The SMILES string of the molecule is Cc1cccc(N=C2NC(=O)/C(=C/c3ccc4c(c3)C(C)CC(C)(C)N4C)S2)c1. The van der Waals surface area contributed by atoms with E-state index in [4.69, 9.17) is 0 Å². The molecule has 2 aromatic rings. The molecule has 0 bridgehead atoms. The van der Waals surface area contributed by atoms with E-state index in [2.05, 4.69) is 61.2 Å². The van der Waals surface area contributed by atoms with Crippen LogP contribution in [0.5, 0.6) is 0 Å². The van der Waals surface area contributed by atoms with Crippen molar-refractivity contribution in [3.63, 3.8) is 0 Å². The van der Waals surface area contributed by atoms with Gasteiger partial charge in [-0.2, -0.15) is 0 Å². The number of rotatable bonds is 2. The molecular formula is C24H27N3OS. The molecule has 0 spiro atoms. The van der Waals surface area contributed by atoms with Gasteiger partial charge >= 0.3 is 0 Å². The van der Waals surface area contributed by atoms with Crippen molar-refractivity contribution in [3.8, 4) is 0 Å². The van der Waals surface area contributed by atoms with Crippen LogP contribution in [0.1, 0.15) is 49.8 Å². The molecule has 1 amide bonds. The minimum atomic E-state index is -0.0922. The largest absolute Gasteiger partial charge is 0.369 e. The molecule has 150 valence electrons. The van der Waals surface area contributed by atoms with Crippen molar-refractivity contribution in [2.24, 2.45) is 4.99 Å². The third-order valence-electron chi connectivity index (χ3n) is 5.84. The van der Waals surface area contributed by atoms with Gasteiger partial charge < -0.3 is 10.2 Å². The van der Waals surface area contributed by atoms with Crippen LogP contribution in [0.2, 0.25) is 0 Å². The summed E-state index contributed by atoms with van der Waals surface area (Å²) in [6, 6.07) is 14.5. The Hall–Kier alpha value is -2.53. The number of carbonyl (C=O) groups excluding carboxylic acids is 1. The molecule has 1 N–H and O–H groups in total. The fourth-order valence-corrected chi connectivity index (χ4v) is 4.97. The monoisotopic (exact) mass is 405 g/mol. The third kappa shape index (κ3) is 3.97. The topological polar surface area (TPSA) is 44.7 Å². The average molecular weight is 406 g/mol. The Morgan fingerprint density at radius 2 is 2.03 bits per heavy atom. The molecule has 5 heteroatoms. The highest BCUT2D eigenvalue weighted by atomic mass is 32.2. The number of nitrogens with zero attached hydrogens (tertiary/aromatic N) is 2. The summed E-state index contributed by atoms with van der Waals surface area (Å²) in [5.41, 5.74) is 5.82. The molecule has 4 nitrogen and oxygen atoms in total. The number of hydrogen-bond acceptors (Lipinski definition) is 4. The number of amides is 1. The standard InChI is InChI=1S/C24H27N3OS/c1-15-7-6-8-18(11-15)25-23-26-22(28)21(29-23)13-17-9-10-20-19(12-17)16(2)14-24(3,4)27(20)5/h6-13,16H,14H2,1-5H3,(H,25,26,28)/b21-13-. The molecule has 2 aliphatic heterocycles. The summed E-state index contributed by atoms with van der Waals surface area (Å²) in [5.74, 6) is 0.392. The van der Waals surface area contributed by atoms with E-state index in [1.54, 1.807) is 0 Å². The van der Waals surface area contributed by atoms with Gasteiger partial charge in [0.05, 0.1) is 10.6 Å². The first kappa shape index (κ1) is 19.8. The Labute approximate surface area is 177 Å². The van der Waals surface area contributed by atoms with E-state index in [0.717, 1.165) is 23.2 Å². The van der Waals surface area contributed by atoms with Gasteiger partial charge in [-0.3, -0.25) is 4.79 Å². The van der Waals surface area contributed by atoms with Gasteiger partial charge in [0.1, 0.15) is 0 Å². The van der Waals surface area contributed by atoms with Crippen molar-refractivity contribution < 1.29 is 4.79 Å². The van der Waals surface area contributed by atoms with Crippen LogP contribution in [0.4, 0.5) is 11.4 Å². The Balaban J connectivity index is 1.60. The van der Waals surface area contributed by atoms with Crippen molar-refractivity contribution >= 4 is 40.3 Å². The van der Waals surface area contributed by atoms with E-state index in [1.165, 1.54) is 23.0 Å². The van der Waals surface area contributed by atoms with Gasteiger partial charge in [-0.15, -0.1) is 0 Å². The molecule has 1 atom stereocenters. The lowest BCUT2D eigenvalue weighted by molar-refractivity contribution is -0.115. The maximum absolute atomic E-state index is 12.4. The summed E-state index contributed by atoms with van der Waals surface area (Å²) in [6.07, 6.45) is 3.07. The first-order chi connectivity index (χ1) is 13.7. The lowest BCUT2D eigenvalue weighted by Crippen LogP contribution is -2.45. The van der Waals surface area contributed by atoms with Gasteiger partial charge in [0.15, 0.2) is 5.17 Å². The number of aliphatic imine (C=N–C) groups is 1. The predicted molar refractivity (Wildman–Crippen MR) is 124 cm³/mol. The highest BCUT2D eigenvalue weighted by Gasteiger charge is 2.34. The summed E-state index contributed by atoms with van der Waals surface area (Å²) in [7, 11) is 2.16. The van der Waals surface area contributed by atoms with Crippen molar-refractivity contribution in [1.82, 2.24) is 5.32 Å². The van der Waals surface area contributed by atoms with E-state index in [0.29, 0.717) is 16.0 Å². The van der Waals surface area contributed by atoms with Crippen LogP contribution in [-0.4, -0.2) is 23.7 Å². The molecule has 1 unspecified atom stereocenters. The lowest BCUT2D eigenvalue weighted by atomic mass is 9.80. The summed E-state index contributed by atoms with van der Waals surface area (Å²) in [5, 5.41) is 3.50. The Bertz CT molecular complexity index is 1040. The van der Waals surface area contributed by atoms with E-state index in [-0.39, 0.29) is 11.4 Å². The molecule has 2 aromatic carbocycles. The molecule has 0 aliphatic carbocycles. The highest BCUT2D eigenvalue weighted by Crippen LogP contribution is 2.43. The van der Waals surface area contributed by atoms with E-state index < -0.39 is 0 Å². The van der Waals surface area contributed by atoms with Crippen LogP contribution < -0.4 is 10.2 Å². The molecule has 4 rings (SSSR count). The second-order valence-corrected chi connectivity index (χ2v) is 9.65. The molecule has 0 radical (unpaired) electrons. The molecular weight excluding hydrogens is 378 g/mol. The summed E-state index contributed by atoms with van der Waals surface area (Å²) >= 11 is 1.39. The number of benzene rings is 2. The minimum Gasteiger partial charge on any atom is -0.369 e. The van der Waals surface area contributed by atoms with E-state index >= 15 is 0 Å². The molecule has 2 heterocycles. The van der Waals surface area contributed by atoms with Gasteiger partial charge in [0, 0.05) is 18.3 Å². The zero-order chi connectivity index (χ0) is 20.8. The van der Waals surface area contributed by atoms with Crippen LogP contribution in [0.3, 0.4) is 0 Å². The van der Waals surface area contributed by atoms with Crippen LogP contribution in [0.25, 0.3) is 6.08 Å².